The first-order chi connectivity index (χ1) is 8.63. The third-order valence-electron chi connectivity index (χ3n) is 2.72. The van der Waals surface area contributed by atoms with Crippen molar-refractivity contribution < 1.29 is 19.0 Å². The van der Waals surface area contributed by atoms with Crippen LogP contribution in [0.25, 0.3) is 0 Å². The fourth-order valence-corrected chi connectivity index (χ4v) is 1.92. The highest BCUT2D eigenvalue weighted by Gasteiger charge is 2.22. The summed E-state index contributed by atoms with van der Waals surface area (Å²) < 4.78 is 16.0. The maximum Gasteiger partial charge on any atom is 0.325 e. The van der Waals surface area contributed by atoms with Crippen LogP contribution >= 0.6 is 0 Å². The molecule has 5 nitrogen and oxygen atoms in total. The molecular formula is C13H25NO4. The van der Waals surface area contributed by atoms with Crippen LogP contribution < -0.4 is 5.32 Å². The highest BCUT2D eigenvalue weighted by Crippen LogP contribution is 2.12. The highest BCUT2D eigenvalue weighted by molar-refractivity contribution is 5.75. The molecule has 1 saturated heterocycles. The van der Waals surface area contributed by atoms with Crippen LogP contribution in [-0.2, 0) is 19.0 Å². The molecule has 1 fully saturated rings. The van der Waals surface area contributed by atoms with Gasteiger partial charge in [-0.05, 0) is 19.8 Å². The van der Waals surface area contributed by atoms with E-state index < -0.39 is 6.04 Å². The molecule has 1 N–H and O–H groups in total. The topological polar surface area (TPSA) is 56.8 Å². The first kappa shape index (κ1) is 15.4. The van der Waals surface area contributed by atoms with Gasteiger partial charge < -0.3 is 19.5 Å². The zero-order valence-corrected chi connectivity index (χ0v) is 11.6. The van der Waals surface area contributed by atoms with Crippen molar-refractivity contribution in [1.82, 2.24) is 5.32 Å². The molecule has 0 aromatic rings. The van der Waals surface area contributed by atoms with Crippen LogP contribution in [0.4, 0.5) is 0 Å². The van der Waals surface area contributed by atoms with Crippen LogP contribution in [-0.4, -0.2) is 50.6 Å². The molecular weight excluding hydrogens is 234 g/mol. The van der Waals surface area contributed by atoms with Gasteiger partial charge in [-0.25, -0.2) is 0 Å². The van der Waals surface area contributed by atoms with Gasteiger partial charge in [-0.3, -0.25) is 4.79 Å². The summed E-state index contributed by atoms with van der Waals surface area (Å²) in [6.45, 7) is 7.88. The predicted molar refractivity (Wildman–Crippen MR) is 68.5 cm³/mol. The number of nitrogens with one attached hydrogen (secondary N) is 1. The summed E-state index contributed by atoms with van der Waals surface area (Å²) in [5.41, 5.74) is 0. The van der Waals surface area contributed by atoms with E-state index in [1.165, 1.54) is 0 Å². The number of ether oxygens (including phenoxy) is 3. The van der Waals surface area contributed by atoms with Gasteiger partial charge in [0.2, 0.25) is 0 Å². The Morgan fingerprint density at radius 2 is 2.28 bits per heavy atom. The second-order valence-electron chi connectivity index (χ2n) is 4.80. The van der Waals surface area contributed by atoms with E-state index >= 15 is 0 Å². The molecule has 2 unspecified atom stereocenters. The Labute approximate surface area is 109 Å². The van der Waals surface area contributed by atoms with Crippen LogP contribution in [0.3, 0.4) is 0 Å². The SMILES string of the molecule is CCOC(=O)C(COCC1CCCO1)NC(C)C. The molecule has 0 radical (unpaired) electrons. The molecule has 0 aromatic carbocycles. The van der Waals surface area contributed by atoms with Crippen molar-refractivity contribution in [3.63, 3.8) is 0 Å². The van der Waals surface area contributed by atoms with Crippen LogP contribution in [0.5, 0.6) is 0 Å². The molecule has 0 aromatic heterocycles. The molecule has 1 rings (SSSR count). The van der Waals surface area contributed by atoms with E-state index in [0.717, 1.165) is 19.4 Å². The fraction of sp³-hybridized carbons (Fsp3) is 0.923. The monoisotopic (exact) mass is 259 g/mol. The van der Waals surface area contributed by atoms with Gasteiger partial charge in [-0.2, -0.15) is 0 Å². The molecule has 2 atom stereocenters. The number of hydrogen-bond acceptors (Lipinski definition) is 5. The summed E-state index contributed by atoms with van der Waals surface area (Å²) in [5, 5.41) is 3.15. The van der Waals surface area contributed by atoms with Crippen molar-refractivity contribution in [2.45, 2.75) is 51.8 Å². The van der Waals surface area contributed by atoms with Crippen molar-refractivity contribution in [3.8, 4) is 0 Å². The van der Waals surface area contributed by atoms with E-state index in [1.54, 1.807) is 6.92 Å². The summed E-state index contributed by atoms with van der Waals surface area (Å²) in [4.78, 5) is 11.7. The van der Waals surface area contributed by atoms with Gasteiger partial charge in [0.25, 0.3) is 0 Å². The number of rotatable bonds is 8. The number of esters is 1. The number of carbonyl (C=O) groups excluding carboxylic acids is 1. The zero-order valence-electron chi connectivity index (χ0n) is 11.6. The standard InChI is InChI=1S/C13H25NO4/c1-4-17-13(15)12(14-10(2)3)9-16-8-11-6-5-7-18-11/h10-12,14H,4-9H2,1-3H3. The molecule has 0 aliphatic carbocycles. The molecule has 0 saturated carbocycles. The maximum absolute atomic E-state index is 11.7. The maximum atomic E-state index is 11.7. The lowest BCUT2D eigenvalue weighted by Crippen LogP contribution is -2.45. The highest BCUT2D eigenvalue weighted by atomic mass is 16.5. The van der Waals surface area contributed by atoms with E-state index in [1.807, 2.05) is 13.8 Å². The van der Waals surface area contributed by atoms with Crippen LogP contribution in [0.15, 0.2) is 0 Å². The summed E-state index contributed by atoms with van der Waals surface area (Å²) in [7, 11) is 0. The van der Waals surface area contributed by atoms with Crippen molar-refractivity contribution in [2.75, 3.05) is 26.4 Å². The summed E-state index contributed by atoms with van der Waals surface area (Å²) in [6.07, 6.45) is 2.33. The van der Waals surface area contributed by atoms with Crippen LogP contribution in [0.2, 0.25) is 0 Å². The first-order valence-electron chi connectivity index (χ1n) is 6.75. The minimum Gasteiger partial charge on any atom is -0.465 e. The first-order valence-corrected chi connectivity index (χ1v) is 6.75. The smallest absolute Gasteiger partial charge is 0.325 e. The normalized spacial score (nSPS) is 21.2. The van der Waals surface area contributed by atoms with Crippen molar-refractivity contribution >= 4 is 5.97 Å². The minimum atomic E-state index is -0.397. The molecule has 1 aliphatic rings. The fourth-order valence-electron chi connectivity index (χ4n) is 1.92. The quantitative estimate of drug-likeness (QED) is 0.662. The van der Waals surface area contributed by atoms with E-state index in [2.05, 4.69) is 5.32 Å². The Kier molecular flexibility index (Phi) is 7.23. The lowest BCUT2D eigenvalue weighted by atomic mass is 10.2. The predicted octanol–water partition coefficient (Wildman–Crippen LogP) is 1.11. The Hall–Kier alpha value is -0.650. The van der Waals surface area contributed by atoms with Gasteiger partial charge in [0.05, 0.1) is 25.9 Å². The van der Waals surface area contributed by atoms with E-state index in [9.17, 15) is 4.79 Å². The third-order valence-corrected chi connectivity index (χ3v) is 2.72. The number of carbonyl (C=O) groups is 1. The van der Waals surface area contributed by atoms with E-state index in [-0.39, 0.29) is 18.1 Å². The molecule has 0 amide bonds. The number of hydrogen-bond donors (Lipinski definition) is 1. The average Bonchev–Trinajstić information content (AvgIpc) is 2.80. The third kappa shape index (κ3) is 5.80. The van der Waals surface area contributed by atoms with Gasteiger partial charge in [0.1, 0.15) is 6.04 Å². The summed E-state index contributed by atoms with van der Waals surface area (Å²) in [6, 6.07) is -0.183. The molecule has 0 spiro atoms. The van der Waals surface area contributed by atoms with Crippen LogP contribution in [0.1, 0.15) is 33.6 Å². The second-order valence-corrected chi connectivity index (χ2v) is 4.80. The largest absolute Gasteiger partial charge is 0.465 e. The molecule has 18 heavy (non-hydrogen) atoms. The second kappa shape index (κ2) is 8.45. The van der Waals surface area contributed by atoms with E-state index in [0.29, 0.717) is 19.8 Å². The van der Waals surface area contributed by atoms with Crippen molar-refractivity contribution in [3.05, 3.63) is 0 Å². The summed E-state index contributed by atoms with van der Waals surface area (Å²) in [5.74, 6) is -0.251. The molecule has 5 heteroatoms. The minimum absolute atomic E-state index is 0.187. The zero-order chi connectivity index (χ0) is 13.4. The van der Waals surface area contributed by atoms with Gasteiger partial charge in [-0.15, -0.1) is 0 Å². The van der Waals surface area contributed by atoms with Crippen molar-refractivity contribution in [2.24, 2.45) is 0 Å². The molecule has 0 bridgehead atoms. The Morgan fingerprint density at radius 1 is 1.50 bits per heavy atom. The van der Waals surface area contributed by atoms with Gasteiger partial charge in [0, 0.05) is 12.6 Å². The van der Waals surface area contributed by atoms with Gasteiger partial charge >= 0.3 is 5.97 Å². The van der Waals surface area contributed by atoms with E-state index in [4.69, 9.17) is 14.2 Å². The van der Waals surface area contributed by atoms with Gasteiger partial charge in [0.15, 0.2) is 0 Å². The lowest BCUT2D eigenvalue weighted by molar-refractivity contribution is -0.148. The molecule has 1 heterocycles. The Bertz CT molecular complexity index is 239. The molecule has 1 aliphatic heterocycles. The summed E-state index contributed by atoms with van der Waals surface area (Å²) >= 11 is 0. The molecule has 106 valence electrons. The lowest BCUT2D eigenvalue weighted by Gasteiger charge is -2.20. The Balaban J connectivity index is 2.27. The Morgan fingerprint density at radius 3 is 2.83 bits per heavy atom. The average molecular weight is 259 g/mol. The van der Waals surface area contributed by atoms with Crippen LogP contribution in [0, 0.1) is 0 Å². The van der Waals surface area contributed by atoms with Crippen molar-refractivity contribution in [1.29, 1.82) is 0 Å². The van der Waals surface area contributed by atoms with Gasteiger partial charge in [-0.1, -0.05) is 13.8 Å².